The summed E-state index contributed by atoms with van der Waals surface area (Å²) in [4.78, 5) is 17.7. The quantitative estimate of drug-likeness (QED) is 0.589. The number of nitrogens with zero attached hydrogens (tertiary/aromatic N) is 3. The van der Waals surface area contributed by atoms with Gasteiger partial charge in [-0.15, -0.1) is 0 Å². The molecule has 4 rings (SSSR count). The van der Waals surface area contributed by atoms with E-state index < -0.39 is 10.0 Å². The number of carbonyl (C=O) groups is 1. The maximum atomic E-state index is 13.8. The summed E-state index contributed by atoms with van der Waals surface area (Å²) in [5.41, 5.74) is 1.91. The summed E-state index contributed by atoms with van der Waals surface area (Å²) < 4.78 is 43.8. The van der Waals surface area contributed by atoms with Gasteiger partial charge in [-0.2, -0.15) is 0 Å². The van der Waals surface area contributed by atoms with E-state index in [9.17, 15) is 13.2 Å². The Balaban J connectivity index is 1.72. The SMILES string of the molecule is CCN(Cc1cccc2c1OCCO2)C(=O)c1cc(S(=O)(=O)N(C)C)ccc1N1CCOCC1. The molecule has 9 nitrogen and oxygen atoms in total. The Labute approximate surface area is 200 Å². The zero-order valence-electron chi connectivity index (χ0n) is 19.8. The summed E-state index contributed by atoms with van der Waals surface area (Å²) in [7, 11) is -0.745. The third kappa shape index (κ3) is 4.84. The molecule has 0 spiro atoms. The molecule has 1 saturated heterocycles. The van der Waals surface area contributed by atoms with Crippen molar-refractivity contribution in [1.82, 2.24) is 9.21 Å². The van der Waals surface area contributed by atoms with Gasteiger partial charge >= 0.3 is 0 Å². The third-order valence-electron chi connectivity index (χ3n) is 6.01. The molecule has 0 radical (unpaired) electrons. The predicted octanol–water partition coefficient (Wildman–Crippen LogP) is 2.21. The maximum Gasteiger partial charge on any atom is 0.256 e. The van der Waals surface area contributed by atoms with E-state index in [4.69, 9.17) is 14.2 Å². The van der Waals surface area contributed by atoms with Gasteiger partial charge in [-0.3, -0.25) is 4.79 Å². The highest BCUT2D eigenvalue weighted by Gasteiger charge is 2.27. The molecular formula is C24H31N3O6S. The van der Waals surface area contributed by atoms with Crippen LogP contribution < -0.4 is 14.4 Å². The highest BCUT2D eigenvalue weighted by atomic mass is 32.2. The van der Waals surface area contributed by atoms with Crippen LogP contribution in [-0.2, 0) is 21.3 Å². The van der Waals surface area contributed by atoms with E-state index in [0.29, 0.717) is 75.4 Å². The zero-order valence-corrected chi connectivity index (χ0v) is 20.6. The highest BCUT2D eigenvalue weighted by molar-refractivity contribution is 7.89. The summed E-state index contributed by atoms with van der Waals surface area (Å²) in [6, 6.07) is 10.4. The van der Waals surface area contributed by atoms with Crippen molar-refractivity contribution >= 4 is 21.6 Å². The van der Waals surface area contributed by atoms with Crippen LogP contribution in [0.3, 0.4) is 0 Å². The van der Waals surface area contributed by atoms with Crippen LogP contribution in [0.4, 0.5) is 5.69 Å². The van der Waals surface area contributed by atoms with Gasteiger partial charge in [0.25, 0.3) is 5.91 Å². The van der Waals surface area contributed by atoms with Crippen molar-refractivity contribution in [1.29, 1.82) is 0 Å². The van der Waals surface area contributed by atoms with E-state index in [2.05, 4.69) is 4.90 Å². The molecule has 10 heteroatoms. The second kappa shape index (κ2) is 10.2. The van der Waals surface area contributed by atoms with Crippen molar-refractivity contribution in [2.24, 2.45) is 0 Å². The van der Waals surface area contributed by atoms with Gasteiger partial charge in [0.2, 0.25) is 10.0 Å². The largest absolute Gasteiger partial charge is 0.486 e. The molecule has 0 unspecified atom stereocenters. The van der Waals surface area contributed by atoms with E-state index in [1.165, 1.54) is 20.2 Å². The molecule has 1 amide bonds. The topological polar surface area (TPSA) is 88.6 Å². The lowest BCUT2D eigenvalue weighted by Gasteiger charge is -2.32. The first kappa shape index (κ1) is 24.3. The Bertz CT molecular complexity index is 1150. The Morgan fingerprint density at radius 2 is 1.76 bits per heavy atom. The lowest BCUT2D eigenvalue weighted by atomic mass is 10.1. The van der Waals surface area contributed by atoms with E-state index in [-0.39, 0.29) is 10.8 Å². The number of para-hydroxylation sites is 1. The molecule has 1 fully saturated rings. The highest BCUT2D eigenvalue weighted by Crippen LogP contribution is 2.35. The molecule has 2 aliphatic rings. The molecule has 2 aliphatic heterocycles. The van der Waals surface area contributed by atoms with Gasteiger partial charge in [0, 0.05) is 51.5 Å². The number of sulfonamides is 1. The van der Waals surface area contributed by atoms with Crippen molar-refractivity contribution in [3.63, 3.8) is 0 Å². The number of carbonyl (C=O) groups excluding carboxylic acids is 1. The smallest absolute Gasteiger partial charge is 0.256 e. The molecule has 0 saturated carbocycles. The number of morpholine rings is 1. The average molecular weight is 490 g/mol. The van der Waals surface area contributed by atoms with Crippen molar-refractivity contribution in [2.75, 3.05) is 65.1 Å². The van der Waals surface area contributed by atoms with Crippen molar-refractivity contribution in [2.45, 2.75) is 18.4 Å². The van der Waals surface area contributed by atoms with Crippen LogP contribution in [-0.4, -0.2) is 83.7 Å². The van der Waals surface area contributed by atoms with Crippen LogP contribution in [0.15, 0.2) is 41.3 Å². The monoisotopic (exact) mass is 489 g/mol. The number of hydrogen-bond acceptors (Lipinski definition) is 7. The number of rotatable bonds is 7. The van der Waals surface area contributed by atoms with Crippen molar-refractivity contribution in [3.05, 3.63) is 47.5 Å². The third-order valence-corrected chi connectivity index (χ3v) is 7.82. The van der Waals surface area contributed by atoms with E-state index >= 15 is 0 Å². The fourth-order valence-corrected chi connectivity index (χ4v) is 5.03. The minimum absolute atomic E-state index is 0.0859. The van der Waals surface area contributed by atoms with Crippen LogP contribution in [0.1, 0.15) is 22.8 Å². The molecule has 2 aromatic rings. The van der Waals surface area contributed by atoms with E-state index in [1.807, 2.05) is 25.1 Å². The van der Waals surface area contributed by atoms with Gasteiger partial charge in [0.1, 0.15) is 13.2 Å². The molecule has 2 aromatic carbocycles. The number of amides is 1. The predicted molar refractivity (Wildman–Crippen MR) is 128 cm³/mol. The first-order valence-corrected chi connectivity index (χ1v) is 12.8. The van der Waals surface area contributed by atoms with Gasteiger partial charge in [-0.1, -0.05) is 12.1 Å². The lowest BCUT2D eigenvalue weighted by molar-refractivity contribution is 0.0748. The summed E-state index contributed by atoms with van der Waals surface area (Å²) in [6.45, 7) is 5.96. The van der Waals surface area contributed by atoms with Gasteiger partial charge in [0.05, 0.1) is 23.7 Å². The fraction of sp³-hybridized carbons (Fsp3) is 0.458. The fourth-order valence-electron chi connectivity index (χ4n) is 4.10. The molecule has 0 N–H and O–H groups in total. The second-order valence-electron chi connectivity index (χ2n) is 8.33. The van der Waals surface area contributed by atoms with E-state index in [0.717, 1.165) is 9.87 Å². The molecule has 184 valence electrons. The summed E-state index contributed by atoms with van der Waals surface area (Å²) in [5.74, 6) is 1.08. The van der Waals surface area contributed by atoms with Crippen LogP contribution in [0.25, 0.3) is 0 Å². The minimum Gasteiger partial charge on any atom is -0.486 e. The number of benzene rings is 2. The van der Waals surface area contributed by atoms with Gasteiger partial charge in [-0.05, 0) is 31.2 Å². The first-order valence-electron chi connectivity index (χ1n) is 11.4. The Morgan fingerprint density at radius 3 is 2.47 bits per heavy atom. The Morgan fingerprint density at radius 1 is 1.03 bits per heavy atom. The van der Waals surface area contributed by atoms with Crippen LogP contribution in [0.2, 0.25) is 0 Å². The summed E-state index contributed by atoms with van der Waals surface area (Å²) in [5, 5.41) is 0. The lowest BCUT2D eigenvalue weighted by Crippen LogP contribution is -2.39. The van der Waals surface area contributed by atoms with Crippen molar-refractivity contribution in [3.8, 4) is 11.5 Å². The van der Waals surface area contributed by atoms with Gasteiger partial charge < -0.3 is 24.0 Å². The van der Waals surface area contributed by atoms with Crippen molar-refractivity contribution < 1.29 is 27.4 Å². The zero-order chi connectivity index (χ0) is 24.3. The molecule has 0 aliphatic carbocycles. The summed E-state index contributed by atoms with van der Waals surface area (Å²) in [6.07, 6.45) is 0. The Kier molecular flexibility index (Phi) is 7.30. The first-order chi connectivity index (χ1) is 16.3. The molecule has 34 heavy (non-hydrogen) atoms. The minimum atomic E-state index is -3.70. The molecule has 2 heterocycles. The number of anilines is 1. The molecule has 0 bridgehead atoms. The standard InChI is InChI=1S/C24H31N3O6S/c1-4-26(17-18-6-5-7-22-23(18)33-15-14-32-22)24(28)20-16-19(34(29,30)25(2)3)8-9-21(20)27-10-12-31-13-11-27/h5-9,16H,4,10-15,17H2,1-3H3. The maximum absolute atomic E-state index is 13.8. The van der Waals surface area contributed by atoms with Gasteiger partial charge in [-0.25, -0.2) is 12.7 Å². The average Bonchev–Trinajstić information content (AvgIpc) is 2.87. The Hall–Kier alpha value is -2.82. The van der Waals surface area contributed by atoms with E-state index in [1.54, 1.807) is 17.0 Å². The molecular weight excluding hydrogens is 458 g/mol. The number of fused-ring (bicyclic) bond motifs is 1. The summed E-state index contributed by atoms with van der Waals surface area (Å²) >= 11 is 0. The van der Waals surface area contributed by atoms with Gasteiger partial charge in [0.15, 0.2) is 11.5 Å². The normalized spacial score (nSPS) is 15.9. The number of hydrogen-bond donors (Lipinski definition) is 0. The van der Waals surface area contributed by atoms with Crippen LogP contribution >= 0.6 is 0 Å². The molecule has 0 aromatic heterocycles. The molecule has 0 atom stereocenters. The van der Waals surface area contributed by atoms with Crippen LogP contribution in [0, 0.1) is 0 Å². The second-order valence-corrected chi connectivity index (χ2v) is 10.5. The van der Waals surface area contributed by atoms with Crippen LogP contribution in [0.5, 0.6) is 11.5 Å². The number of ether oxygens (including phenoxy) is 3.